The van der Waals surface area contributed by atoms with Gasteiger partial charge in [0.25, 0.3) is 5.91 Å². The number of nitrogens with two attached hydrogens (primary N) is 1. The van der Waals surface area contributed by atoms with E-state index in [0.717, 1.165) is 37.1 Å². The molecule has 1 aliphatic heterocycles. The lowest BCUT2D eigenvalue weighted by molar-refractivity contribution is 0.0589. The summed E-state index contributed by atoms with van der Waals surface area (Å²) in [7, 11) is 0. The predicted octanol–water partition coefficient (Wildman–Crippen LogP) is 3.39. The van der Waals surface area contributed by atoms with Crippen LogP contribution in [0.2, 0.25) is 0 Å². The summed E-state index contributed by atoms with van der Waals surface area (Å²) in [6, 6.07) is 2.43. The number of hydrogen-bond acceptors (Lipinski definition) is 3. The topological polar surface area (TPSA) is 46.3 Å². The van der Waals surface area contributed by atoms with Gasteiger partial charge in [0.15, 0.2) is 0 Å². The van der Waals surface area contributed by atoms with E-state index in [1.54, 1.807) is 11.3 Å². The largest absolute Gasteiger partial charge is 0.333 e. The van der Waals surface area contributed by atoms with Crippen molar-refractivity contribution in [2.45, 2.75) is 64.0 Å². The molecule has 118 valence electrons. The van der Waals surface area contributed by atoms with Crippen LogP contribution in [0.3, 0.4) is 0 Å². The predicted molar refractivity (Wildman–Crippen MR) is 90.5 cm³/mol. The lowest BCUT2D eigenvalue weighted by atomic mass is 9.96. The summed E-state index contributed by atoms with van der Waals surface area (Å²) >= 11 is 1.72. The molecular weight excluding hydrogens is 304 g/mol. The monoisotopic (exact) mass is 328 g/mol. The van der Waals surface area contributed by atoms with Crippen molar-refractivity contribution in [1.82, 2.24) is 4.90 Å². The number of carbonyl (C=O) groups is 1. The third-order valence-electron chi connectivity index (χ3n) is 4.62. The van der Waals surface area contributed by atoms with E-state index in [1.165, 1.54) is 29.7 Å². The highest BCUT2D eigenvalue weighted by molar-refractivity contribution is 7.14. The summed E-state index contributed by atoms with van der Waals surface area (Å²) in [6.45, 7) is 2.89. The average molecular weight is 329 g/mol. The minimum atomic E-state index is 0. The Morgan fingerprint density at radius 1 is 1.33 bits per heavy atom. The van der Waals surface area contributed by atoms with E-state index in [1.807, 2.05) is 11.8 Å². The van der Waals surface area contributed by atoms with Crippen molar-refractivity contribution in [2.75, 3.05) is 6.54 Å². The number of carbonyl (C=O) groups excluding carboxylic acids is 1. The second-order valence-electron chi connectivity index (χ2n) is 6.19. The molecule has 1 aliphatic carbocycles. The first-order chi connectivity index (χ1) is 9.66. The first-order valence-electron chi connectivity index (χ1n) is 7.85. The Morgan fingerprint density at radius 2 is 2.10 bits per heavy atom. The molecule has 3 rings (SSSR count). The van der Waals surface area contributed by atoms with Gasteiger partial charge in [-0.1, -0.05) is 0 Å². The summed E-state index contributed by atoms with van der Waals surface area (Å²) in [5, 5.41) is 0. The van der Waals surface area contributed by atoms with E-state index >= 15 is 0 Å². The van der Waals surface area contributed by atoms with Crippen molar-refractivity contribution in [3.63, 3.8) is 0 Å². The number of halogens is 1. The van der Waals surface area contributed by atoms with E-state index < -0.39 is 0 Å². The third-order valence-corrected chi connectivity index (χ3v) is 5.85. The van der Waals surface area contributed by atoms with Gasteiger partial charge in [-0.2, -0.15) is 0 Å². The molecule has 2 atom stereocenters. The summed E-state index contributed by atoms with van der Waals surface area (Å²) in [6.07, 6.45) is 8.20. The van der Waals surface area contributed by atoms with Crippen LogP contribution >= 0.6 is 23.7 Å². The van der Waals surface area contributed by atoms with Gasteiger partial charge in [0.1, 0.15) is 0 Å². The van der Waals surface area contributed by atoms with Crippen molar-refractivity contribution in [1.29, 1.82) is 0 Å². The zero-order valence-electron chi connectivity index (χ0n) is 12.6. The zero-order valence-corrected chi connectivity index (χ0v) is 14.3. The van der Waals surface area contributed by atoms with Crippen molar-refractivity contribution in [3.8, 4) is 0 Å². The minimum Gasteiger partial charge on any atom is -0.333 e. The highest BCUT2D eigenvalue weighted by Crippen LogP contribution is 2.31. The van der Waals surface area contributed by atoms with Crippen LogP contribution in [0.5, 0.6) is 0 Å². The number of thiophene rings is 1. The lowest BCUT2D eigenvalue weighted by Gasteiger charge is -2.37. The number of rotatable bonds is 2. The zero-order chi connectivity index (χ0) is 14.1. The van der Waals surface area contributed by atoms with Gasteiger partial charge in [0, 0.05) is 23.5 Å². The van der Waals surface area contributed by atoms with Gasteiger partial charge in [-0.15, -0.1) is 23.7 Å². The lowest BCUT2D eigenvalue weighted by Crippen LogP contribution is -2.51. The van der Waals surface area contributed by atoms with E-state index in [9.17, 15) is 4.79 Å². The second kappa shape index (κ2) is 7.12. The molecule has 5 heteroatoms. The number of hydrogen-bond donors (Lipinski definition) is 1. The van der Waals surface area contributed by atoms with Crippen molar-refractivity contribution >= 4 is 29.7 Å². The SMILES string of the molecule is CC(N)C1CCCCN1C(=O)c1cc2c(s1)CCCC2.Cl. The number of nitrogens with zero attached hydrogens (tertiary/aromatic N) is 1. The van der Waals surface area contributed by atoms with Gasteiger partial charge in [-0.05, 0) is 63.5 Å². The molecule has 2 heterocycles. The minimum absolute atomic E-state index is 0. The fourth-order valence-corrected chi connectivity index (χ4v) is 4.70. The van der Waals surface area contributed by atoms with E-state index in [2.05, 4.69) is 6.07 Å². The van der Waals surface area contributed by atoms with Crippen LogP contribution in [0, 0.1) is 0 Å². The standard InChI is InChI=1S/C16H24N2OS.ClH/c1-11(17)13-7-4-5-9-18(13)16(19)15-10-12-6-2-3-8-14(12)20-15;/h10-11,13H,2-9,17H2,1H3;1H. The van der Waals surface area contributed by atoms with Gasteiger partial charge in [0.2, 0.25) is 0 Å². The number of piperidine rings is 1. The van der Waals surface area contributed by atoms with Crippen molar-refractivity contribution in [2.24, 2.45) is 5.73 Å². The Morgan fingerprint density at radius 3 is 2.81 bits per heavy atom. The molecule has 1 saturated heterocycles. The Kier molecular flexibility index (Phi) is 5.69. The number of amides is 1. The highest BCUT2D eigenvalue weighted by atomic mass is 35.5. The van der Waals surface area contributed by atoms with Crippen molar-refractivity contribution < 1.29 is 4.79 Å². The molecule has 2 unspecified atom stereocenters. The van der Waals surface area contributed by atoms with Crippen LogP contribution in [-0.2, 0) is 12.8 Å². The molecule has 0 spiro atoms. The molecule has 0 aromatic carbocycles. The smallest absolute Gasteiger partial charge is 0.264 e. The molecule has 1 fully saturated rings. The summed E-state index contributed by atoms with van der Waals surface area (Å²) in [5.74, 6) is 0.214. The Balaban J connectivity index is 0.00000161. The summed E-state index contributed by atoms with van der Waals surface area (Å²) < 4.78 is 0. The third kappa shape index (κ3) is 3.43. The van der Waals surface area contributed by atoms with Gasteiger partial charge < -0.3 is 10.6 Å². The van der Waals surface area contributed by atoms with Gasteiger partial charge in [-0.3, -0.25) is 4.79 Å². The number of likely N-dealkylation sites (tertiary alicyclic amines) is 1. The van der Waals surface area contributed by atoms with Crippen LogP contribution in [0.15, 0.2) is 6.07 Å². The maximum absolute atomic E-state index is 12.8. The summed E-state index contributed by atoms with van der Waals surface area (Å²) in [5.41, 5.74) is 7.50. The van der Waals surface area contributed by atoms with E-state index in [4.69, 9.17) is 5.73 Å². The maximum Gasteiger partial charge on any atom is 0.264 e. The molecule has 1 aromatic heterocycles. The van der Waals surface area contributed by atoms with Crippen molar-refractivity contribution in [3.05, 3.63) is 21.4 Å². The summed E-state index contributed by atoms with van der Waals surface area (Å²) in [4.78, 5) is 17.2. The molecule has 2 aliphatic rings. The molecule has 0 radical (unpaired) electrons. The number of aryl methyl sites for hydroxylation is 2. The van der Waals surface area contributed by atoms with Crippen LogP contribution in [-0.4, -0.2) is 29.4 Å². The molecular formula is C16H25ClN2OS. The molecule has 1 amide bonds. The second-order valence-corrected chi connectivity index (χ2v) is 7.32. The molecule has 3 nitrogen and oxygen atoms in total. The quantitative estimate of drug-likeness (QED) is 0.904. The van der Waals surface area contributed by atoms with E-state index in [0.29, 0.717) is 0 Å². The fraction of sp³-hybridized carbons (Fsp3) is 0.688. The van der Waals surface area contributed by atoms with E-state index in [-0.39, 0.29) is 30.4 Å². The first kappa shape index (κ1) is 16.8. The Bertz CT molecular complexity index is 477. The van der Waals surface area contributed by atoms with Gasteiger partial charge in [-0.25, -0.2) is 0 Å². The molecule has 1 aromatic rings. The Hall–Kier alpha value is -0.580. The van der Waals surface area contributed by atoms with Crippen LogP contribution in [0.25, 0.3) is 0 Å². The van der Waals surface area contributed by atoms with Crippen LogP contribution < -0.4 is 5.73 Å². The molecule has 2 N–H and O–H groups in total. The van der Waals surface area contributed by atoms with Crippen LogP contribution in [0.4, 0.5) is 0 Å². The maximum atomic E-state index is 12.8. The molecule has 21 heavy (non-hydrogen) atoms. The number of fused-ring (bicyclic) bond motifs is 1. The normalized spacial score (nSPS) is 23.1. The highest BCUT2D eigenvalue weighted by Gasteiger charge is 2.31. The molecule has 0 saturated carbocycles. The average Bonchev–Trinajstić information content (AvgIpc) is 2.90. The fourth-order valence-electron chi connectivity index (χ4n) is 3.49. The molecule has 0 bridgehead atoms. The Labute approximate surface area is 137 Å². The van der Waals surface area contributed by atoms with Crippen LogP contribution in [0.1, 0.15) is 59.1 Å². The van der Waals surface area contributed by atoms with Gasteiger partial charge >= 0.3 is 0 Å². The first-order valence-corrected chi connectivity index (χ1v) is 8.66. The van der Waals surface area contributed by atoms with Gasteiger partial charge in [0.05, 0.1) is 4.88 Å².